The van der Waals surface area contributed by atoms with Crippen LogP contribution >= 0.6 is 0 Å². The van der Waals surface area contributed by atoms with E-state index in [0.29, 0.717) is 40.4 Å². The largest absolute Gasteiger partial charge is 0.493 e. The van der Waals surface area contributed by atoms with Gasteiger partial charge in [0.2, 0.25) is 5.91 Å². The zero-order valence-electron chi connectivity index (χ0n) is 32.1. The fourth-order valence-corrected chi connectivity index (χ4v) is 5.88. The Kier molecular flexibility index (Phi) is 14.4. The highest BCUT2D eigenvalue weighted by atomic mass is 16.6. The molecule has 3 aromatic carbocycles. The van der Waals surface area contributed by atoms with E-state index in [1.54, 1.807) is 58.0 Å². The Bertz CT molecular complexity index is 1790. The summed E-state index contributed by atoms with van der Waals surface area (Å²) in [6.45, 7) is 9.47. The van der Waals surface area contributed by atoms with Crippen LogP contribution < -0.4 is 20.1 Å². The van der Waals surface area contributed by atoms with Crippen LogP contribution in [0.1, 0.15) is 70.2 Å². The average Bonchev–Trinajstić information content (AvgIpc) is 3.14. The van der Waals surface area contributed by atoms with Gasteiger partial charge in [-0.05, 0) is 68.1 Å². The third kappa shape index (κ3) is 11.5. The number of carbonyl (C=O) groups is 5. The van der Waals surface area contributed by atoms with Crippen molar-refractivity contribution in [2.45, 2.75) is 78.2 Å². The number of Topliss-reactive ketones (excluding diaryl/α,β-unsaturated/α-hetero) is 1. The van der Waals surface area contributed by atoms with Crippen molar-refractivity contribution >= 4 is 29.8 Å². The minimum absolute atomic E-state index is 0.00995. The van der Waals surface area contributed by atoms with E-state index in [4.69, 9.17) is 23.7 Å². The number of benzene rings is 3. The number of nitrogens with zero attached hydrogens (tertiary/aromatic N) is 1. The highest BCUT2D eigenvalue weighted by Gasteiger charge is 2.34. The molecule has 13 heteroatoms. The van der Waals surface area contributed by atoms with Crippen molar-refractivity contribution in [2.75, 3.05) is 33.9 Å². The lowest BCUT2D eigenvalue weighted by Crippen LogP contribution is -2.46. The standard InChI is InChI=1S/C41H51N3O10/c1-8-19-51-35-17-15-29-24-31(35)30-22-28(14-16-34(30)52-20-18-42-39(48)54-41(3,4)5)23-32(38(47)50-7)43-37(46)26(2)21-33(45)36(29)44(6)40(49)53-25-27-12-10-9-11-13-27/h9-17,22,24,26,32,36H,8,18-21,23,25H2,1-7H3,(H,42,48)(H,43,46)/t26-,32+,36+/m1/s1. The first kappa shape index (κ1) is 41.2. The van der Waals surface area contributed by atoms with E-state index in [0.717, 1.165) is 12.0 Å². The molecule has 0 saturated carbocycles. The lowest BCUT2D eigenvalue weighted by molar-refractivity contribution is -0.145. The molecular formula is C41H51N3O10. The van der Waals surface area contributed by atoms with Gasteiger partial charge in [-0.25, -0.2) is 14.4 Å². The Morgan fingerprint density at radius 1 is 0.907 bits per heavy atom. The van der Waals surface area contributed by atoms with Crippen molar-refractivity contribution < 1.29 is 47.7 Å². The molecule has 1 aliphatic rings. The second-order valence-corrected chi connectivity index (χ2v) is 14.1. The second-order valence-electron chi connectivity index (χ2n) is 14.1. The number of fused-ring (bicyclic) bond motifs is 5. The van der Waals surface area contributed by atoms with Crippen molar-refractivity contribution in [3.05, 3.63) is 83.4 Å². The van der Waals surface area contributed by atoms with E-state index in [-0.39, 0.29) is 32.6 Å². The van der Waals surface area contributed by atoms with E-state index >= 15 is 0 Å². The molecule has 4 rings (SSSR count). The molecule has 4 bridgehead atoms. The Labute approximate surface area is 316 Å². The number of ether oxygens (including phenoxy) is 5. The number of amides is 3. The van der Waals surface area contributed by atoms with Crippen LogP contribution in [0, 0.1) is 5.92 Å². The predicted molar refractivity (Wildman–Crippen MR) is 201 cm³/mol. The van der Waals surface area contributed by atoms with Gasteiger partial charge in [0, 0.05) is 36.9 Å². The van der Waals surface area contributed by atoms with E-state index in [9.17, 15) is 24.0 Å². The number of methoxy groups -OCH3 is 1. The lowest BCUT2D eigenvalue weighted by Gasteiger charge is -2.29. The molecule has 1 heterocycles. The maximum Gasteiger partial charge on any atom is 0.410 e. The summed E-state index contributed by atoms with van der Waals surface area (Å²) in [6, 6.07) is 17.5. The SMILES string of the molecule is CCCOc1ccc2cc1-c1cc(ccc1OCCNC(=O)OC(C)(C)C)C[C@@H](C(=O)OC)NC(=O)[C@H](C)CC(=O)[C@H]2N(C)C(=O)OCc1ccccc1. The van der Waals surface area contributed by atoms with Crippen LogP contribution in [0.3, 0.4) is 0 Å². The molecule has 13 nitrogen and oxygen atoms in total. The van der Waals surface area contributed by atoms with E-state index in [2.05, 4.69) is 10.6 Å². The molecule has 0 aliphatic carbocycles. The van der Waals surface area contributed by atoms with Crippen LogP contribution in [0.5, 0.6) is 11.5 Å². The summed E-state index contributed by atoms with van der Waals surface area (Å²) < 4.78 is 28.4. The molecule has 0 fully saturated rings. The number of ketones is 1. The molecule has 3 atom stereocenters. The monoisotopic (exact) mass is 745 g/mol. The molecular weight excluding hydrogens is 694 g/mol. The van der Waals surface area contributed by atoms with Crippen LogP contribution in [0.4, 0.5) is 9.59 Å². The minimum atomic E-state index is -1.16. The fraction of sp³-hybridized carbons (Fsp3) is 0.439. The molecule has 54 heavy (non-hydrogen) atoms. The first-order valence-electron chi connectivity index (χ1n) is 18.0. The van der Waals surface area contributed by atoms with Crippen molar-refractivity contribution in [3.63, 3.8) is 0 Å². The smallest absolute Gasteiger partial charge is 0.410 e. The quantitative estimate of drug-likeness (QED) is 0.132. The number of hydrogen-bond acceptors (Lipinski definition) is 10. The maximum atomic E-state index is 14.2. The van der Waals surface area contributed by atoms with Gasteiger partial charge in [0.05, 0.1) is 20.3 Å². The molecule has 0 radical (unpaired) electrons. The number of hydrogen-bond donors (Lipinski definition) is 2. The van der Waals surface area contributed by atoms with Gasteiger partial charge >= 0.3 is 18.2 Å². The van der Waals surface area contributed by atoms with Crippen molar-refractivity contribution in [3.8, 4) is 22.6 Å². The van der Waals surface area contributed by atoms with E-state index in [1.807, 2.05) is 43.3 Å². The van der Waals surface area contributed by atoms with Gasteiger partial charge in [-0.3, -0.25) is 14.5 Å². The number of carbonyl (C=O) groups excluding carboxylic acids is 5. The zero-order chi connectivity index (χ0) is 39.4. The molecule has 0 spiro atoms. The third-order valence-corrected chi connectivity index (χ3v) is 8.53. The molecule has 2 N–H and O–H groups in total. The van der Waals surface area contributed by atoms with Gasteiger partial charge in [-0.1, -0.05) is 56.3 Å². The molecule has 0 saturated heterocycles. The lowest BCUT2D eigenvalue weighted by atomic mass is 9.90. The molecule has 3 aromatic rings. The zero-order valence-corrected chi connectivity index (χ0v) is 32.1. The Hall–Kier alpha value is -5.59. The molecule has 3 amide bonds. The van der Waals surface area contributed by atoms with Crippen LogP contribution in [-0.2, 0) is 41.6 Å². The van der Waals surface area contributed by atoms with Gasteiger partial charge in [-0.2, -0.15) is 0 Å². The van der Waals surface area contributed by atoms with Gasteiger partial charge in [0.15, 0.2) is 5.78 Å². The summed E-state index contributed by atoms with van der Waals surface area (Å²) in [4.78, 5) is 67.7. The van der Waals surface area contributed by atoms with Gasteiger partial charge in [-0.15, -0.1) is 0 Å². The molecule has 290 valence electrons. The van der Waals surface area contributed by atoms with E-state index in [1.165, 1.54) is 19.1 Å². The Morgan fingerprint density at radius 3 is 2.24 bits per heavy atom. The summed E-state index contributed by atoms with van der Waals surface area (Å²) in [6.07, 6.45) is -0.767. The number of esters is 1. The normalized spacial score (nSPS) is 17.3. The first-order valence-corrected chi connectivity index (χ1v) is 18.0. The summed E-state index contributed by atoms with van der Waals surface area (Å²) in [7, 11) is 2.71. The van der Waals surface area contributed by atoms with Crippen molar-refractivity contribution in [2.24, 2.45) is 5.92 Å². The first-order chi connectivity index (χ1) is 25.7. The molecule has 0 unspecified atom stereocenters. The summed E-state index contributed by atoms with van der Waals surface area (Å²) in [5.74, 6) is -1.54. The highest BCUT2D eigenvalue weighted by Crippen LogP contribution is 2.40. The van der Waals surface area contributed by atoms with E-state index < -0.39 is 53.4 Å². The number of alkyl carbamates (subject to hydrolysis) is 1. The number of likely N-dealkylation sites (N-methyl/N-ethyl adjacent to an activating group) is 1. The number of nitrogens with one attached hydrogen (secondary N) is 2. The highest BCUT2D eigenvalue weighted by molar-refractivity contribution is 5.94. The van der Waals surface area contributed by atoms with Crippen LogP contribution in [-0.4, -0.2) is 80.3 Å². The average molecular weight is 746 g/mol. The maximum absolute atomic E-state index is 14.2. The number of rotatable bonds is 11. The Morgan fingerprint density at radius 2 is 1.57 bits per heavy atom. The van der Waals surface area contributed by atoms with Gasteiger partial charge in [0.1, 0.15) is 42.4 Å². The summed E-state index contributed by atoms with van der Waals surface area (Å²) in [5.41, 5.74) is 2.35. The summed E-state index contributed by atoms with van der Waals surface area (Å²) in [5, 5.41) is 5.44. The third-order valence-electron chi connectivity index (χ3n) is 8.53. The van der Waals surface area contributed by atoms with Crippen LogP contribution in [0.15, 0.2) is 66.7 Å². The predicted octanol–water partition coefficient (Wildman–Crippen LogP) is 6.16. The second kappa shape index (κ2) is 18.9. The van der Waals surface area contributed by atoms with Crippen LogP contribution in [0.25, 0.3) is 11.1 Å². The molecule has 0 aromatic heterocycles. The van der Waals surface area contributed by atoms with Crippen molar-refractivity contribution in [1.29, 1.82) is 0 Å². The Balaban J connectivity index is 1.81. The topological polar surface area (TPSA) is 159 Å². The van der Waals surface area contributed by atoms with Crippen LogP contribution in [0.2, 0.25) is 0 Å². The fourth-order valence-electron chi connectivity index (χ4n) is 5.88. The van der Waals surface area contributed by atoms with Gasteiger partial charge in [0.25, 0.3) is 0 Å². The summed E-state index contributed by atoms with van der Waals surface area (Å²) >= 11 is 0. The molecule has 1 aliphatic heterocycles. The van der Waals surface area contributed by atoms with Crippen molar-refractivity contribution in [1.82, 2.24) is 15.5 Å². The van der Waals surface area contributed by atoms with Gasteiger partial charge < -0.3 is 34.3 Å². The minimum Gasteiger partial charge on any atom is -0.493 e.